The minimum Gasteiger partial charge on any atom is -0.377 e. The first-order valence-corrected chi connectivity index (χ1v) is 11.6. The van der Waals surface area contributed by atoms with Gasteiger partial charge in [-0.05, 0) is 74.1 Å². The highest BCUT2D eigenvalue weighted by atomic mass is 32.2. The Morgan fingerprint density at radius 3 is 2.56 bits per heavy atom. The molecule has 2 unspecified atom stereocenters. The average molecular weight is 393 g/mol. The summed E-state index contributed by atoms with van der Waals surface area (Å²) in [4.78, 5) is 12.4. The van der Waals surface area contributed by atoms with Gasteiger partial charge in [0, 0.05) is 18.8 Å². The molecule has 7 heteroatoms. The fraction of sp³-hybridized carbons (Fsp3) is 0.650. The second-order valence-electron chi connectivity index (χ2n) is 8.23. The lowest BCUT2D eigenvalue weighted by Crippen LogP contribution is -2.34. The Morgan fingerprint density at radius 2 is 1.89 bits per heavy atom. The van der Waals surface area contributed by atoms with Gasteiger partial charge in [-0.3, -0.25) is 0 Å². The van der Waals surface area contributed by atoms with Gasteiger partial charge in [-0.15, -0.1) is 0 Å². The van der Waals surface area contributed by atoms with Crippen LogP contribution in [0.5, 0.6) is 0 Å². The van der Waals surface area contributed by atoms with Crippen LogP contribution in [-0.2, 0) is 14.6 Å². The maximum atomic E-state index is 12.5. The molecule has 148 valence electrons. The number of amides is 2. The molecule has 1 saturated heterocycles. The Hall–Kier alpha value is -1.60. The highest BCUT2D eigenvalue weighted by Crippen LogP contribution is 2.60. The Balaban J connectivity index is 1.28. The molecule has 1 aliphatic heterocycles. The molecular weight excluding hydrogens is 364 g/mol. The largest absolute Gasteiger partial charge is 0.377 e. The van der Waals surface area contributed by atoms with E-state index < -0.39 is 9.84 Å². The lowest BCUT2D eigenvalue weighted by molar-refractivity contribution is 0.127. The molecule has 1 aromatic rings. The number of benzene rings is 1. The van der Waals surface area contributed by atoms with E-state index in [0.29, 0.717) is 23.6 Å². The number of anilines is 1. The van der Waals surface area contributed by atoms with Gasteiger partial charge >= 0.3 is 6.03 Å². The summed E-state index contributed by atoms with van der Waals surface area (Å²) in [6.45, 7) is 1.36. The van der Waals surface area contributed by atoms with Gasteiger partial charge in [-0.1, -0.05) is 6.42 Å². The number of ether oxygens (including phenoxy) is 1. The van der Waals surface area contributed by atoms with E-state index in [1.807, 2.05) is 0 Å². The number of rotatable bonds is 6. The van der Waals surface area contributed by atoms with Gasteiger partial charge in [0.25, 0.3) is 0 Å². The van der Waals surface area contributed by atoms with Crippen LogP contribution >= 0.6 is 0 Å². The van der Waals surface area contributed by atoms with Crippen molar-refractivity contribution >= 4 is 21.6 Å². The first-order chi connectivity index (χ1) is 13.0. The van der Waals surface area contributed by atoms with E-state index in [4.69, 9.17) is 4.74 Å². The number of urea groups is 1. The summed E-state index contributed by atoms with van der Waals surface area (Å²) >= 11 is 0. The van der Waals surface area contributed by atoms with E-state index in [2.05, 4.69) is 10.6 Å². The molecule has 0 aromatic heterocycles. The fourth-order valence-corrected chi connectivity index (χ4v) is 6.10. The van der Waals surface area contributed by atoms with Crippen LogP contribution in [0, 0.1) is 11.3 Å². The zero-order valence-electron chi connectivity index (χ0n) is 15.6. The Kier molecular flexibility index (Phi) is 5.16. The first-order valence-electron chi connectivity index (χ1n) is 9.96. The highest BCUT2D eigenvalue weighted by Gasteiger charge is 2.51. The van der Waals surface area contributed by atoms with Gasteiger partial charge in [-0.25, -0.2) is 13.2 Å². The number of hydrogen-bond acceptors (Lipinski definition) is 4. The maximum Gasteiger partial charge on any atom is 0.319 e. The Morgan fingerprint density at radius 1 is 1.11 bits per heavy atom. The van der Waals surface area contributed by atoms with Gasteiger partial charge < -0.3 is 15.4 Å². The molecule has 2 aliphatic carbocycles. The molecule has 1 aromatic carbocycles. The number of nitrogens with one attached hydrogen (secondary N) is 2. The molecule has 2 N–H and O–H groups in total. The van der Waals surface area contributed by atoms with Gasteiger partial charge in [0.1, 0.15) is 0 Å². The third kappa shape index (κ3) is 4.29. The minimum absolute atomic E-state index is 0.0173. The second-order valence-corrected chi connectivity index (χ2v) is 10.3. The summed E-state index contributed by atoms with van der Waals surface area (Å²) in [7, 11) is -3.37. The standard InChI is InChI=1S/C20H28N2O4S/c23-19(21-13-15-3-1-9-20(15)10-11-20)22-16-5-7-18(8-6-16)27(24,25)14-17-4-2-12-26-17/h5-8,15,17H,1-4,9-14H2,(H2,21,22,23). The van der Waals surface area contributed by atoms with Crippen LogP contribution in [0.25, 0.3) is 0 Å². The quantitative estimate of drug-likeness (QED) is 0.778. The van der Waals surface area contributed by atoms with Crippen molar-refractivity contribution in [3.63, 3.8) is 0 Å². The summed E-state index contributed by atoms with van der Waals surface area (Å²) in [6, 6.07) is 6.15. The van der Waals surface area contributed by atoms with Crippen molar-refractivity contribution in [2.45, 2.75) is 55.9 Å². The Bertz CT molecular complexity index is 781. The van der Waals surface area contributed by atoms with Crippen molar-refractivity contribution in [1.29, 1.82) is 0 Å². The molecule has 0 bridgehead atoms. The zero-order valence-corrected chi connectivity index (χ0v) is 16.4. The highest BCUT2D eigenvalue weighted by molar-refractivity contribution is 7.91. The number of sulfone groups is 1. The molecular formula is C20H28N2O4S. The van der Waals surface area contributed by atoms with Crippen LogP contribution in [0.4, 0.5) is 10.5 Å². The van der Waals surface area contributed by atoms with Crippen molar-refractivity contribution in [2.75, 3.05) is 24.2 Å². The summed E-state index contributed by atoms with van der Waals surface area (Å²) in [5, 5.41) is 5.77. The third-order valence-electron chi connectivity index (χ3n) is 6.40. The molecule has 3 fully saturated rings. The number of hydrogen-bond donors (Lipinski definition) is 2. The molecule has 0 radical (unpaired) electrons. The van der Waals surface area contributed by atoms with Crippen molar-refractivity contribution in [1.82, 2.24) is 5.32 Å². The first kappa shape index (κ1) is 18.7. The van der Waals surface area contributed by atoms with E-state index in [-0.39, 0.29) is 22.8 Å². The van der Waals surface area contributed by atoms with Crippen molar-refractivity contribution < 1.29 is 17.9 Å². The summed E-state index contributed by atoms with van der Waals surface area (Å²) in [5.41, 5.74) is 1.11. The van der Waals surface area contributed by atoms with Gasteiger partial charge in [0.2, 0.25) is 0 Å². The van der Waals surface area contributed by atoms with E-state index in [9.17, 15) is 13.2 Å². The van der Waals surface area contributed by atoms with Crippen LogP contribution in [0.15, 0.2) is 29.2 Å². The lowest BCUT2D eigenvalue weighted by Gasteiger charge is -2.19. The smallest absolute Gasteiger partial charge is 0.319 e. The minimum atomic E-state index is -3.37. The normalized spacial score (nSPS) is 26.2. The fourth-order valence-electron chi connectivity index (χ4n) is 4.60. The van der Waals surface area contributed by atoms with Crippen LogP contribution in [0.2, 0.25) is 0 Å². The molecule has 2 saturated carbocycles. The molecule has 27 heavy (non-hydrogen) atoms. The van der Waals surface area contributed by atoms with Crippen LogP contribution in [0.3, 0.4) is 0 Å². The third-order valence-corrected chi connectivity index (χ3v) is 8.20. The van der Waals surface area contributed by atoms with Gasteiger partial charge in [0.05, 0.1) is 16.8 Å². The monoisotopic (exact) mass is 392 g/mol. The average Bonchev–Trinajstić information content (AvgIpc) is 3.04. The maximum absolute atomic E-state index is 12.5. The van der Waals surface area contributed by atoms with Crippen molar-refractivity contribution in [3.8, 4) is 0 Å². The van der Waals surface area contributed by atoms with Crippen LogP contribution in [-0.4, -0.2) is 39.5 Å². The lowest BCUT2D eigenvalue weighted by atomic mass is 9.93. The SMILES string of the molecule is O=C(NCC1CCCC12CC2)Nc1ccc(S(=O)(=O)CC2CCCO2)cc1. The second kappa shape index (κ2) is 7.43. The van der Waals surface area contributed by atoms with E-state index in [1.54, 1.807) is 24.3 Å². The summed E-state index contributed by atoms with van der Waals surface area (Å²) in [6.07, 6.45) is 7.91. The zero-order chi connectivity index (χ0) is 18.9. The van der Waals surface area contributed by atoms with Crippen LogP contribution in [0.1, 0.15) is 44.9 Å². The predicted octanol–water partition coefficient (Wildman–Crippen LogP) is 3.34. The molecule has 6 nitrogen and oxygen atoms in total. The number of carbonyl (C=O) groups is 1. The van der Waals surface area contributed by atoms with E-state index in [1.165, 1.54) is 32.1 Å². The predicted molar refractivity (Wildman–Crippen MR) is 103 cm³/mol. The number of carbonyl (C=O) groups excluding carboxylic acids is 1. The summed E-state index contributed by atoms with van der Waals surface area (Å²) < 4.78 is 30.3. The molecule has 2 amide bonds. The topological polar surface area (TPSA) is 84.5 Å². The molecule has 3 aliphatic rings. The van der Waals surface area contributed by atoms with Crippen LogP contribution < -0.4 is 10.6 Å². The van der Waals surface area contributed by atoms with Crippen molar-refractivity contribution in [2.24, 2.45) is 11.3 Å². The Labute approximate surface area is 161 Å². The molecule has 4 rings (SSSR count). The van der Waals surface area contributed by atoms with E-state index >= 15 is 0 Å². The molecule has 1 heterocycles. The molecule has 1 spiro atoms. The van der Waals surface area contributed by atoms with Crippen molar-refractivity contribution in [3.05, 3.63) is 24.3 Å². The molecule has 2 atom stereocenters. The van der Waals surface area contributed by atoms with Gasteiger partial charge in [0.15, 0.2) is 9.84 Å². The summed E-state index contributed by atoms with van der Waals surface area (Å²) in [5.74, 6) is 0.622. The van der Waals surface area contributed by atoms with Gasteiger partial charge in [-0.2, -0.15) is 0 Å². The van der Waals surface area contributed by atoms with E-state index in [0.717, 1.165) is 19.4 Å².